The van der Waals surface area contributed by atoms with Gasteiger partial charge in [0.15, 0.2) is 0 Å². The third-order valence-corrected chi connectivity index (χ3v) is 4.64. The van der Waals surface area contributed by atoms with Crippen LogP contribution in [0.25, 0.3) is 5.65 Å². The molecule has 1 atom stereocenters. The van der Waals surface area contributed by atoms with E-state index in [-0.39, 0.29) is 17.7 Å². The van der Waals surface area contributed by atoms with Gasteiger partial charge in [-0.05, 0) is 30.9 Å². The zero-order valence-electron chi connectivity index (χ0n) is 13.6. The number of nitrogens with one attached hydrogen (secondary N) is 2. The number of rotatable bonds is 5. The fraction of sp³-hybridized carbons (Fsp3) is 0.471. The predicted molar refractivity (Wildman–Crippen MR) is 91.6 cm³/mol. The third kappa shape index (κ3) is 3.87. The maximum Gasteiger partial charge on any atom is 0.243 e. The Bertz CT molecular complexity index is 752. The molecule has 2 N–H and O–H groups in total. The number of carbonyl (C=O) groups is 2. The average Bonchev–Trinajstić information content (AvgIpc) is 3.18. The van der Waals surface area contributed by atoms with Gasteiger partial charge in [0, 0.05) is 19.3 Å². The van der Waals surface area contributed by atoms with E-state index in [1.807, 2.05) is 16.7 Å². The van der Waals surface area contributed by atoms with E-state index in [0.29, 0.717) is 11.6 Å². The number of imidazole rings is 1. The number of fused-ring (bicyclic) bond motifs is 1. The molecule has 1 unspecified atom stereocenters. The first-order valence-corrected chi connectivity index (χ1v) is 8.58. The first-order chi connectivity index (χ1) is 11.5. The van der Waals surface area contributed by atoms with E-state index in [2.05, 4.69) is 15.6 Å². The van der Waals surface area contributed by atoms with Crippen LogP contribution in [0.15, 0.2) is 24.5 Å². The van der Waals surface area contributed by atoms with Crippen LogP contribution < -0.4 is 10.6 Å². The number of halogens is 1. The predicted octanol–water partition coefficient (Wildman–Crippen LogP) is 2.30. The molecule has 1 fully saturated rings. The Labute approximate surface area is 145 Å². The highest BCUT2D eigenvalue weighted by atomic mass is 35.5. The van der Waals surface area contributed by atoms with Gasteiger partial charge in [0.2, 0.25) is 11.8 Å². The fourth-order valence-electron chi connectivity index (χ4n) is 3.30. The lowest BCUT2D eigenvalue weighted by Gasteiger charge is -2.23. The number of hydrogen-bond donors (Lipinski definition) is 2. The van der Waals surface area contributed by atoms with Crippen LogP contribution in [0.2, 0.25) is 5.02 Å². The largest absolute Gasteiger partial charge is 0.349 e. The summed E-state index contributed by atoms with van der Waals surface area (Å²) in [5.74, 6) is -0.106. The van der Waals surface area contributed by atoms with E-state index in [1.54, 1.807) is 12.3 Å². The van der Waals surface area contributed by atoms with Gasteiger partial charge in [-0.2, -0.15) is 0 Å². The Morgan fingerprint density at radius 3 is 2.79 bits per heavy atom. The van der Waals surface area contributed by atoms with Crippen molar-refractivity contribution in [2.75, 3.05) is 0 Å². The topological polar surface area (TPSA) is 75.5 Å². The summed E-state index contributed by atoms with van der Waals surface area (Å²) in [6.45, 7) is 1.77. The van der Waals surface area contributed by atoms with Crippen molar-refractivity contribution in [1.29, 1.82) is 0 Å². The van der Waals surface area contributed by atoms with Crippen LogP contribution in [0.1, 0.15) is 38.3 Å². The van der Waals surface area contributed by atoms with Crippen LogP contribution in [-0.4, -0.2) is 27.2 Å². The highest BCUT2D eigenvalue weighted by molar-refractivity contribution is 6.30. The summed E-state index contributed by atoms with van der Waals surface area (Å²) < 4.78 is 1.83. The minimum atomic E-state index is -0.462. The Morgan fingerprint density at radius 2 is 2.08 bits per heavy atom. The van der Waals surface area contributed by atoms with Crippen molar-refractivity contribution in [2.24, 2.45) is 5.92 Å². The molecule has 2 aromatic rings. The third-order valence-electron chi connectivity index (χ3n) is 4.42. The highest BCUT2D eigenvalue weighted by Crippen LogP contribution is 2.28. The molecule has 7 heteroatoms. The number of nitrogens with zero attached hydrogens (tertiary/aromatic N) is 2. The smallest absolute Gasteiger partial charge is 0.243 e. The number of hydrogen-bond acceptors (Lipinski definition) is 3. The lowest BCUT2D eigenvalue weighted by Crippen LogP contribution is -2.49. The Hall–Kier alpha value is -2.08. The van der Waals surface area contributed by atoms with E-state index in [9.17, 15) is 9.59 Å². The molecule has 128 valence electrons. The molecule has 6 nitrogen and oxygen atoms in total. The minimum Gasteiger partial charge on any atom is -0.349 e. The molecule has 0 aliphatic heterocycles. The Morgan fingerprint density at radius 1 is 1.33 bits per heavy atom. The number of aromatic nitrogens is 2. The van der Waals surface area contributed by atoms with Crippen molar-refractivity contribution in [1.82, 2.24) is 20.0 Å². The molecular weight excluding hydrogens is 328 g/mol. The SMILES string of the molecule is CC(=O)NC(C(=O)NCc1cn2cc(Cl)ccc2n1)C1CCCC1. The van der Waals surface area contributed by atoms with Crippen molar-refractivity contribution in [3.63, 3.8) is 0 Å². The van der Waals surface area contributed by atoms with Gasteiger partial charge < -0.3 is 15.0 Å². The van der Waals surface area contributed by atoms with Crippen LogP contribution in [0.5, 0.6) is 0 Å². The quantitative estimate of drug-likeness (QED) is 0.870. The summed E-state index contributed by atoms with van der Waals surface area (Å²) in [5, 5.41) is 6.32. The standard InChI is InChI=1S/C17H21ClN4O2/c1-11(23)20-16(12-4-2-3-5-12)17(24)19-8-14-10-22-9-13(18)6-7-15(22)21-14/h6-7,9-10,12,16H,2-5,8H2,1H3,(H,19,24)(H,20,23). The van der Waals surface area contributed by atoms with E-state index >= 15 is 0 Å². The summed E-state index contributed by atoms with van der Waals surface area (Å²) >= 11 is 5.96. The fourth-order valence-corrected chi connectivity index (χ4v) is 3.47. The average molecular weight is 349 g/mol. The lowest BCUT2D eigenvalue weighted by atomic mass is 9.97. The van der Waals surface area contributed by atoms with Crippen LogP contribution >= 0.6 is 11.6 Å². The summed E-state index contributed by atoms with van der Waals surface area (Å²) in [5.41, 5.74) is 1.52. The molecule has 24 heavy (non-hydrogen) atoms. The van der Waals surface area contributed by atoms with Gasteiger partial charge in [-0.15, -0.1) is 0 Å². The molecule has 0 spiro atoms. The van der Waals surface area contributed by atoms with E-state index in [1.165, 1.54) is 6.92 Å². The normalized spacial score (nSPS) is 16.2. The van der Waals surface area contributed by atoms with Gasteiger partial charge in [-0.25, -0.2) is 4.98 Å². The molecular formula is C17H21ClN4O2. The molecule has 0 radical (unpaired) electrons. The summed E-state index contributed by atoms with van der Waals surface area (Å²) in [7, 11) is 0. The van der Waals surface area contributed by atoms with Crippen molar-refractivity contribution < 1.29 is 9.59 Å². The van der Waals surface area contributed by atoms with E-state index in [4.69, 9.17) is 11.6 Å². The number of carbonyl (C=O) groups excluding carboxylic acids is 2. The molecule has 3 rings (SSSR count). The second-order valence-electron chi connectivity index (χ2n) is 6.29. The van der Waals surface area contributed by atoms with Gasteiger partial charge in [0.25, 0.3) is 0 Å². The van der Waals surface area contributed by atoms with Crippen molar-refractivity contribution in [3.8, 4) is 0 Å². The maximum absolute atomic E-state index is 12.5. The zero-order chi connectivity index (χ0) is 17.1. The maximum atomic E-state index is 12.5. The molecule has 0 bridgehead atoms. The van der Waals surface area contributed by atoms with Crippen LogP contribution in [0.4, 0.5) is 0 Å². The molecule has 2 heterocycles. The van der Waals surface area contributed by atoms with Gasteiger partial charge in [-0.1, -0.05) is 24.4 Å². The lowest BCUT2D eigenvalue weighted by molar-refractivity contribution is -0.129. The number of pyridine rings is 1. The van der Waals surface area contributed by atoms with Crippen LogP contribution in [0.3, 0.4) is 0 Å². The minimum absolute atomic E-state index is 0.146. The van der Waals surface area contributed by atoms with Crippen molar-refractivity contribution in [2.45, 2.75) is 45.2 Å². The second kappa shape index (κ2) is 7.21. The first kappa shape index (κ1) is 16.8. The second-order valence-corrected chi connectivity index (χ2v) is 6.72. The van der Waals surface area contributed by atoms with Gasteiger partial charge in [0.1, 0.15) is 11.7 Å². The van der Waals surface area contributed by atoms with E-state index < -0.39 is 6.04 Å². The first-order valence-electron chi connectivity index (χ1n) is 8.21. The van der Waals surface area contributed by atoms with Gasteiger partial charge >= 0.3 is 0 Å². The molecule has 1 saturated carbocycles. The molecule has 2 aromatic heterocycles. The Kier molecular flexibility index (Phi) is 5.04. The summed E-state index contributed by atoms with van der Waals surface area (Å²) in [6.07, 6.45) is 7.79. The van der Waals surface area contributed by atoms with Gasteiger partial charge in [-0.3, -0.25) is 9.59 Å². The Balaban J connectivity index is 1.66. The van der Waals surface area contributed by atoms with Crippen molar-refractivity contribution >= 4 is 29.1 Å². The monoisotopic (exact) mass is 348 g/mol. The molecule has 1 aliphatic rings. The molecule has 1 aliphatic carbocycles. The molecule has 2 amide bonds. The van der Waals surface area contributed by atoms with E-state index in [0.717, 1.165) is 37.0 Å². The van der Waals surface area contributed by atoms with Gasteiger partial charge in [0.05, 0.1) is 17.3 Å². The summed E-state index contributed by atoms with van der Waals surface area (Å²) in [4.78, 5) is 28.4. The van der Waals surface area contributed by atoms with Crippen LogP contribution in [0, 0.1) is 5.92 Å². The molecule has 0 aromatic carbocycles. The molecule has 0 saturated heterocycles. The van der Waals surface area contributed by atoms with Crippen molar-refractivity contribution in [3.05, 3.63) is 35.2 Å². The zero-order valence-corrected chi connectivity index (χ0v) is 14.3. The number of amides is 2. The highest BCUT2D eigenvalue weighted by Gasteiger charge is 2.31. The summed E-state index contributed by atoms with van der Waals surface area (Å²) in [6, 6.07) is 3.14. The van der Waals surface area contributed by atoms with Crippen LogP contribution in [-0.2, 0) is 16.1 Å².